The van der Waals surface area contributed by atoms with Crippen LogP contribution in [0, 0.1) is 5.82 Å². The molecule has 0 saturated carbocycles. The average Bonchev–Trinajstić information content (AvgIpc) is 2.55. The van der Waals surface area contributed by atoms with E-state index in [2.05, 4.69) is 15.1 Å². The van der Waals surface area contributed by atoms with Crippen molar-refractivity contribution in [2.45, 2.75) is 6.61 Å². The molecule has 0 aliphatic carbocycles. The third-order valence-electron chi connectivity index (χ3n) is 3.29. The maximum Gasteiger partial charge on any atom is 0.233 e. The van der Waals surface area contributed by atoms with Crippen molar-refractivity contribution in [2.75, 3.05) is 31.2 Å². The summed E-state index contributed by atoms with van der Waals surface area (Å²) in [5.74, 6) is 0.905. The lowest BCUT2D eigenvalue weighted by Gasteiger charge is -2.27. The molecule has 0 atom stereocenters. The molecule has 3 rings (SSSR count). The summed E-state index contributed by atoms with van der Waals surface area (Å²) < 4.78 is 24.2. The first kappa shape index (κ1) is 13.8. The quantitative estimate of drug-likeness (QED) is 0.862. The predicted octanol–water partition coefficient (Wildman–Crippen LogP) is 2.03. The second-order valence-electron chi connectivity index (χ2n) is 4.71. The summed E-state index contributed by atoms with van der Waals surface area (Å²) >= 11 is 0. The lowest BCUT2D eigenvalue weighted by atomic mass is 10.2. The summed E-state index contributed by atoms with van der Waals surface area (Å²) in [6.45, 7) is 3.16. The number of anilines is 1. The Balaban J connectivity index is 1.60. The van der Waals surface area contributed by atoms with Crippen molar-refractivity contribution >= 4 is 5.82 Å². The van der Waals surface area contributed by atoms with Crippen LogP contribution in [0.2, 0.25) is 0 Å². The first-order chi connectivity index (χ1) is 10.3. The van der Waals surface area contributed by atoms with Gasteiger partial charge in [-0.15, -0.1) is 10.2 Å². The first-order valence-electron chi connectivity index (χ1n) is 6.85. The first-order valence-corrected chi connectivity index (χ1v) is 6.85. The molecule has 0 radical (unpaired) electrons. The number of halogens is 1. The summed E-state index contributed by atoms with van der Waals surface area (Å²) in [6.07, 6.45) is 0. The van der Waals surface area contributed by atoms with E-state index in [0.717, 1.165) is 18.9 Å². The van der Waals surface area contributed by atoms with Gasteiger partial charge in [0.1, 0.15) is 12.4 Å². The van der Waals surface area contributed by atoms with Crippen LogP contribution < -0.4 is 9.64 Å². The van der Waals surface area contributed by atoms with Crippen LogP contribution in [0.3, 0.4) is 0 Å². The number of ether oxygens (including phenoxy) is 2. The van der Waals surface area contributed by atoms with E-state index in [1.807, 2.05) is 6.07 Å². The highest BCUT2D eigenvalue weighted by Gasteiger charge is 2.13. The highest BCUT2D eigenvalue weighted by Crippen LogP contribution is 2.16. The van der Waals surface area contributed by atoms with Gasteiger partial charge in [0.25, 0.3) is 0 Å². The van der Waals surface area contributed by atoms with Crippen molar-refractivity contribution in [1.29, 1.82) is 0 Å². The molecule has 21 heavy (non-hydrogen) atoms. The lowest BCUT2D eigenvalue weighted by molar-refractivity contribution is 0.122. The van der Waals surface area contributed by atoms with Crippen LogP contribution in [-0.4, -0.2) is 36.5 Å². The maximum absolute atomic E-state index is 13.5. The molecule has 5 nitrogen and oxygen atoms in total. The van der Waals surface area contributed by atoms with Gasteiger partial charge in [-0.1, -0.05) is 18.2 Å². The molecule has 0 spiro atoms. The highest BCUT2D eigenvalue weighted by molar-refractivity contribution is 5.38. The minimum atomic E-state index is -0.282. The van der Waals surface area contributed by atoms with Crippen LogP contribution in [0.4, 0.5) is 10.2 Å². The fraction of sp³-hybridized carbons (Fsp3) is 0.333. The number of hydrogen-bond acceptors (Lipinski definition) is 5. The third-order valence-corrected chi connectivity index (χ3v) is 3.29. The normalized spacial score (nSPS) is 15.0. The molecule has 0 unspecified atom stereocenters. The molecule has 2 heterocycles. The van der Waals surface area contributed by atoms with Crippen LogP contribution in [0.15, 0.2) is 36.4 Å². The minimum absolute atomic E-state index is 0.137. The molecule has 1 aromatic carbocycles. The molecule has 1 aliphatic heterocycles. The van der Waals surface area contributed by atoms with Crippen molar-refractivity contribution in [1.82, 2.24) is 10.2 Å². The van der Waals surface area contributed by atoms with Crippen molar-refractivity contribution in [3.05, 3.63) is 47.8 Å². The van der Waals surface area contributed by atoms with Gasteiger partial charge < -0.3 is 14.4 Å². The van der Waals surface area contributed by atoms with Gasteiger partial charge in [0.05, 0.1) is 13.2 Å². The molecule has 0 N–H and O–H groups in total. The average molecular weight is 289 g/mol. The van der Waals surface area contributed by atoms with Gasteiger partial charge in [0, 0.05) is 24.7 Å². The Morgan fingerprint density at radius 2 is 1.90 bits per heavy atom. The number of hydrogen-bond donors (Lipinski definition) is 0. The lowest BCUT2D eigenvalue weighted by Crippen LogP contribution is -2.36. The van der Waals surface area contributed by atoms with E-state index in [9.17, 15) is 4.39 Å². The molecule has 110 valence electrons. The van der Waals surface area contributed by atoms with Crippen LogP contribution >= 0.6 is 0 Å². The second-order valence-corrected chi connectivity index (χ2v) is 4.71. The zero-order chi connectivity index (χ0) is 14.5. The fourth-order valence-electron chi connectivity index (χ4n) is 2.12. The number of benzene rings is 1. The SMILES string of the molecule is Fc1ccccc1COc1ccc(N2CCOCC2)nn1. The molecule has 1 fully saturated rings. The third kappa shape index (κ3) is 3.46. The zero-order valence-corrected chi connectivity index (χ0v) is 11.5. The van der Waals surface area contributed by atoms with E-state index in [-0.39, 0.29) is 12.4 Å². The van der Waals surface area contributed by atoms with Crippen LogP contribution in [0.1, 0.15) is 5.56 Å². The number of nitrogens with zero attached hydrogens (tertiary/aromatic N) is 3. The molecular weight excluding hydrogens is 273 g/mol. The Kier molecular flexibility index (Phi) is 4.25. The molecule has 0 bridgehead atoms. The molecule has 1 saturated heterocycles. The largest absolute Gasteiger partial charge is 0.472 e. The van der Waals surface area contributed by atoms with E-state index in [1.54, 1.807) is 24.3 Å². The topological polar surface area (TPSA) is 47.5 Å². The number of morpholine rings is 1. The Bertz CT molecular complexity index is 586. The van der Waals surface area contributed by atoms with E-state index in [4.69, 9.17) is 9.47 Å². The summed E-state index contributed by atoms with van der Waals surface area (Å²) in [6, 6.07) is 10.1. The molecule has 0 amide bonds. The van der Waals surface area contributed by atoms with E-state index in [1.165, 1.54) is 6.07 Å². The van der Waals surface area contributed by atoms with E-state index in [0.29, 0.717) is 24.7 Å². The Morgan fingerprint density at radius 3 is 2.62 bits per heavy atom. The molecule has 1 aromatic heterocycles. The van der Waals surface area contributed by atoms with Gasteiger partial charge in [0.15, 0.2) is 5.82 Å². The van der Waals surface area contributed by atoms with Gasteiger partial charge in [0.2, 0.25) is 5.88 Å². The van der Waals surface area contributed by atoms with Crippen molar-refractivity contribution in [2.24, 2.45) is 0 Å². The second kappa shape index (κ2) is 6.49. The standard InChI is InChI=1S/C15H16FN3O2/c16-13-4-2-1-3-12(13)11-21-15-6-5-14(17-18-15)19-7-9-20-10-8-19/h1-6H,7-11H2. The molecule has 6 heteroatoms. The van der Waals surface area contributed by atoms with Crippen LogP contribution in [0.25, 0.3) is 0 Å². The van der Waals surface area contributed by atoms with Crippen LogP contribution in [0.5, 0.6) is 5.88 Å². The van der Waals surface area contributed by atoms with Crippen molar-refractivity contribution in [3.8, 4) is 5.88 Å². The summed E-state index contributed by atoms with van der Waals surface area (Å²) in [4.78, 5) is 2.11. The zero-order valence-electron chi connectivity index (χ0n) is 11.5. The highest BCUT2D eigenvalue weighted by atomic mass is 19.1. The van der Waals surface area contributed by atoms with Crippen molar-refractivity contribution in [3.63, 3.8) is 0 Å². The molecule has 2 aromatic rings. The Labute approximate surface area is 122 Å². The van der Waals surface area contributed by atoms with Crippen molar-refractivity contribution < 1.29 is 13.9 Å². The predicted molar refractivity (Wildman–Crippen MR) is 75.8 cm³/mol. The van der Waals surface area contributed by atoms with Gasteiger partial charge in [-0.05, 0) is 12.1 Å². The van der Waals surface area contributed by atoms with E-state index >= 15 is 0 Å². The molecule has 1 aliphatic rings. The molecular formula is C15H16FN3O2. The summed E-state index contributed by atoms with van der Waals surface area (Å²) in [5, 5.41) is 8.16. The summed E-state index contributed by atoms with van der Waals surface area (Å²) in [7, 11) is 0. The Hall–Kier alpha value is -2.21. The van der Waals surface area contributed by atoms with Gasteiger partial charge in [-0.2, -0.15) is 0 Å². The van der Waals surface area contributed by atoms with Gasteiger partial charge >= 0.3 is 0 Å². The Morgan fingerprint density at radius 1 is 1.10 bits per heavy atom. The minimum Gasteiger partial charge on any atom is -0.472 e. The fourth-order valence-corrected chi connectivity index (χ4v) is 2.12. The summed E-state index contributed by atoms with van der Waals surface area (Å²) in [5.41, 5.74) is 0.497. The monoisotopic (exact) mass is 289 g/mol. The van der Waals surface area contributed by atoms with Crippen LogP contribution in [-0.2, 0) is 11.3 Å². The maximum atomic E-state index is 13.5. The van der Waals surface area contributed by atoms with Gasteiger partial charge in [-0.3, -0.25) is 0 Å². The van der Waals surface area contributed by atoms with Gasteiger partial charge in [-0.25, -0.2) is 4.39 Å². The van der Waals surface area contributed by atoms with E-state index < -0.39 is 0 Å². The number of rotatable bonds is 4. The smallest absolute Gasteiger partial charge is 0.233 e. The number of aromatic nitrogens is 2.